The van der Waals surface area contributed by atoms with Crippen molar-refractivity contribution in [3.63, 3.8) is 0 Å². The summed E-state index contributed by atoms with van der Waals surface area (Å²) >= 11 is 0. The van der Waals surface area contributed by atoms with Crippen molar-refractivity contribution in [2.75, 3.05) is 51.4 Å². The van der Waals surface area contributed by atoms with Gasteiger partial charge in [0.15, 0.2) is 0 Å². The minimum atomic E-state index is -3.44. The van der Waals surface area contributed by atoms with Crippen LogP contribution in [0, 0.1) is 0 Å². The highest BCUT2D eigenvalue weighted by Crippen LogP contribution is 2.28. The Morgan fingerprint density at radius 1 is 1.29 bits per heavy atom. The van der Waals surface area contributed by atoms with Crippen LogP contribution >= 0.6 is 0 Å². The third-order valence-electron chi connectivity index (χ3n) is 4.08. The number of sulfonamides is 1. The number of hydrogen-bond acceptors (Lipinski definition) is 5. The number of likely N-dealkylation sites (N-methyl/N-ethyl adjacent to an activating group) is 1. The number of nitrogen functional groups attached to an aromatic ring is 1. The van der Waals surface area contributed by atoms with Gasteiger partial charge in [0.2, 0.25) is 10.0 Å². The van der Waals surface area contributed by atoms with Crippen LogP contribution in [-0.4, -0.2) is 64.4 Å². The van der Waals surface area contributed by atoms with Gasteiger partial charge in [-0.3, -0.25) is 0 Å². The summed E-state index contributed by atoms with van der Waals surface area (Å²) in [5, 5.41) is 0. The van der Waals surface area contributed by atoms with Crippen LogP contribution in [0.15, 0.2) is 23.1 Å². The SMILES string of the molecule is CC1CN(c2ccc(S(=O)(=O)N(C)C)cc2N)CCN1C. The zero-order chi connectivity index (χ0) is 15.8. The third kappa shape index (κ3) is 3.14. The Labute approximate surface area is 127 Å². The molecule has 6 nitrogen and oxygen atoms in total. The molecular formula is C14H24N4O2S. The molecule has 0 amide bonds. The molecule has 1 aliphatic rings. The van der Waals surface area contributed by atoms with Crippen LogP contribution in [0.2, 0.25) is 0 Å². The molecule has 1 saturated heterocycles. The molecule has 0 aliphatic carbocycles. The second-order valence-electron chi connectivity index (χ2n) is 5.78. The van der Waals surface area contributed by atoms with Crippen molar-refractivity contribution >= 4 is 21.4 Å². The monoisotopic (exact) mass is 312 g/mol. The van der Waals surface area contributed by atoms with E-state index in [2.05, 4.69) is 23.8 Å². The Balaban J connectivity index is 2.29. The maximum atomic E-state index is 12.1. The van der Waals surface area contributed by atoms with E-state index < -0.39 is 10.0 Å². The van der Waals surface area contributed by atoms with Gasteiger partial charge in [-0.1, -0.05) is 0 Å². The Bertz CT molecular complexity index is 615. The maximum Gasteiger partial charge on any atom is 0.242 e. The van der Waals surface area contributed by atoms with Gasteiger partial charge in [-0.25, -0.2) is 12.7 Å². The molecule has 7 heteroatoms. The first-order valence-corrected chi connectivity index (χ1v) is 8.44. The zero-order valence-electron chi connectivity index (χ0n) is 13.1. The van der Waals surface area contributed by atoms with Gasteiger partial charge < -0.3 is 15.5 Å². The molecule has 1 aromatic rings. The smallest absolute Gasteiger partial charge is 0.242 e. The number of hydrogen-bond donors (Lipinski definition) is 1. The fourth-order valence-electron chi connectivity index (χ4n) is 2.46. The van der Waals surface area contributed by atoms with Crippen LogP contribution in [0.4, 0.5) is 11.4 Å². The first-order valence-electron chi connectivity index (χ1n) is 7.00. The third-order valence-corrected chi connectivity index (χ3v) is 5.89. The van der Waals surface area contributed by atoms with Crippen molar-refractivity contribution in [3.05, 3.63) is 18.2 Å². The predicted octanol–water partition coefficient (Wildman–Crippen LogP) is 0.659. The van der Waals surface area contributed by atoms with Gasteiger partial charge in [-0.2, -0.15) is 0 Å². The molecule has 2 N–H and O–H groups in total. The van der Waals surface area contributed by atoms with E-state index in [1.807, 2.05) is 6.07 Å². The van der Waals surface area contributed by atoms with Gasteiger partial charge in [0, 0.05) is 39.8 Å². The lowest BCUT2D eigenvalue weighted by Crippen LogP contribution is -2.50. The highest BCUT2D eigenvalue weighted by atomic mass is 32.2. The highest BCUT2D eigenvalue weighted by molar-refractivity contribution is 7.89. The number of rotatable bonds is 3. The fourth-order valence-corrected chi connectivity index (χ4v) is 3.40. The van der Waals surface area contributed by atoms with E-state index in [-0.39, 0.29) is 4.90 Å². The summed E-state index contributed by atoms with van der Waals surface area (Å²) in [6, 6.07) is 5.44. The predicted molar refractivity (Wildman–Crippen MR) is 86.0 cm³/mol. The van der Waals surface area contributed by atoms with E-state index in [1.54, 1.807) is 12.1 Å². The fraction of sp³-hybridized carbons (Fsp3) is 0.571. The quantitative estimate of drug-likeness (QED) is 0.830. The molecule has 1 aliphatic heterocycles. The summed E-state index contributed by atoms with van der Waals surface area (Å²) in [5.74, 6) is 0. The summed E-state index contributed by atoms with van der Waals surface area (Å²) in [4.78, 5) is 4.75. The first kappa shape index (κ1) is 16.1. The molecule has 1 fully saturated rings. The largest absolute Gasteiger partial charge is 0.397 e. The Kier molecular flexibility index (Phi) is 4.46. The van der Waals surface area contributed by atoms with Gasteiger partial charge in [-0.05, 0) is 32.2 Å². The van der Waals surface area contributed by atoms with Crippen molar-refractivity contribution in [2.24, 2.45) is 0 Å². The number of nitrogens with zero attached hydrogens (tertiary/aromatic N) is 3. The molecule has 1 aromatic carbocycles. The summed E-state index contributed by atoms with van der Waals surface area (Å²) in [6.45, 7) is 4.93. The molecular weight excluding hydrogens is 288 g/mol. The second-order valence-corrected chi connectivity index (χ2v) is 7.94. The lowest BCUT2D eigenvalue weighted by Gasteiger charge is -2.39. The van der Waals surface area contributed by atoms with Crippen molar-refractivity contribution in [1.82, 2.24) is 9.21 Å². The van der Waals surface area contributed by atoms with Crippen molar-refractivity contribution in [3.8, 4) is 0 Å². The second kappa shape index (κ2) is 5.82. The topological polar surface area (TPSA) is 69.9 Å². The summed E-state index contributed by atoms with van der Waals surface area (Å²) in [5.41, 5.74) is 7.51. The first-order chi connectivity index (χ1) is 9.73. The zero-order valence-corrected chi connectivity index (χ0v) is 13.9. The van der Waals surface area contributed by atoms with E-state index in [9.17, 15) is 8.42 Å². The number of nitrogens with two attached hydrogens (primary N) is 1. The van der Waals surface area contributed by atoms with E-state index in [0.717, 1.165) is 25.3 Å². The minimum absolute atomic E-state index is 0.232. The lowest BCUT2D eigenvalue weighted by molar-refractivity contribution is 0.234. The molecule has 1 unspecified atom stereocenters. The van der Waals surface area contributed by atoms with Crippen LogP contribution in [0.5, 0.6) is 0 Å². The van der Waals surface area contributed by atoms with Gasteiger partial charge >= 0.3 is 0 Å². The van der Waals surface area contributed by atoms with Crippen LogP contribution in [0.25, 0.3) is 0 Å². The summed E-state index contributed by atoms with van der Waals surface area (Å²) in [6.07, 6.45) is 0. The van der Waals surface area contributed by atoms with Crippen molar-refractivity contribution < 1.29 is 8.42 Å². The van der Waals surface area contributed by atoms with Crippen LogP contribution in [0.3, 0.4) is 0 Å². The van der Waals surface area contributed by atoms with Crippen LogP contribution < -0.4 is 10.6 Å². The molecule has 1 atom stereocenters. The van der Waals surface area contributed by atoms with Crippen molar-refractivity contribution in [1.29, 1.82) is 0 Å². The van der Waals surface area contributed by atoms with Gasteiger partial charge in [-0.15, -0.1) is 0 Å². The molecule has 2 rings (SSSR count). The standard InChI is InChI=1S/C14H24N4O2S/c1-11-10-18(8-7-17(11)4)14-6-5-12(9-13(14)15)21(19,20)16(2)3/h5-6,9,11H,7-8,10,15H2,1-4H3. The number of piperazine rings is 1. The Hall–Kier alpha value is -1.31. The van der Waals surface area contributed by atoms with E-state index >= 15 is 0 Å². The normalized spacial score (nSPS) is 21.0. The van der Waals surface area contributed by atoms with Crippen LogP contribution in [0.1, 0.15) is 6.92 Å². The minimum Gasteiger partial charge on any atom is -0.397 e. The van der Waals surface area contributed by atoms with E-state index in [4.69, 9.17) is 5.73 Å². The molecule has 0 saturated carbocycles. The van der Waals surface area contributed by atoms with E-state index in [0.29, 0.717) is 11.7 Å². The number of anilines is 2. The maximum absolute atomic E-state index is 12.1. The van der Waals surface area contributed by atoms with Crippen LogP contribution in [-0.2, 0) is 10.0 Å². The van der Waals surface area contributed by atoms with Gasteiger partial charge in [0.1, 0.15) is 0 Å². The van der Waals surface area contributed by atoms with E-state index in [1.165, 1.54) is 18.4 Å². The molecule has 0 bridgehead atoms. The van der Waals surface area contributed by atoms with Gasteiger partial charge in [0.25, 0.3) is 0 Å². The Morgan fingerprint density at radius 2 is 1.95 bits per heavy atom. The highest BCUT2D eigenvalue weighted by Gasteiger charge is 2.24. The average Bonchev–Trinajstić information content (AvgIpc) is 2.41. The molecule has 0 aromatic heterocycles. The molecule has 21 heavy (non-hydrogen) atoms. The number of benzene rings is 1. The molecule has 118 valence electrons. The molecule has 1 heterocycles. The van der Waals surface area contributed by atoms with Gasteiger partial charge in [0.05, 0.1) is 16.3 Å². The summed E-state index contributed by atoms with van der Waals surface area (Å²) in [7, 11) is 1.70. The molecule has 0 radical (unpaired) electrons. The molecule has 0 spiro atoms. The Morgan fingerprint density at radius 3 is 2.48 bits per heavy atom. The average molecular weight is 312 g/mol. The summed E-state index contributed by atoms with van der Waals surface area (Å²) < 4.78 is 25.4. The van der Waals surface area contributed by atoms with Crippen molar-refractivity contribution in [2.45, 2.75) is 17.9 Å². The lowest BCUT2D eigenvalue weighted by atomic mass is 10.1.